The molecule has 1 aliphatic heterocycles. The summed E-state index contributed by atoms with van der Waals surface area (Å²) < 4.78 is 27.1. The number of rotatable bonds is 7. The van der Waals surface area contributed by atoms with Gasteiger partial charge in [-0.25, -0.2) is 13.4 Å². The van der Waals surface area contributed by atoms with E-state index in [4.69, 9.17) is 0 Å². The van der Waals surface area contributed by atoms with Gasteiger partial charge in [-0.15, -0.1) is 0 Å². The van der Waals surface area contributed by atoms with E-state index < -0.39 is 10.0 Å². The van der Waals surface area contributed by atoms with Crippen LogP contribution in [0.15, 0.2) is 28.3 Å². The zero-order valence-corrected chi connectivity index (χ0v) is 18.4. The normalized spacial score (nSPS) is 16.5. The predicted octanol–water partition coefficient (Wildman–Crippen LogP) is 3.38. The molecule has 1 aromatic heterocycles. The van der Waals surface area contributed by atoms with E-state index >= 15 is 0 Å². The second kappa shape index (κ2) is 9.89. The van der Waals surface area contributed by atoms with Crippen LogP contribution in [0.1, 0.15) is 53.4 Å². The number of aromatic nitrogens is 1. The summed E-state index contributed by atoms with van der Waals surface area (Å²) in [6.45, 7) is 9.17. The minimum atomic E-state index is -3.48. The number of carbonyl (C=O) groups excluding carboxylic acids is 1. The molecule has 0 saturated carbocycles. The van der Waals surface area contributed by atoms with Crippen molar-refractivity contribution in [2.75, 3.05) is 18.8 Å². The first-order valence-electron chi connectivity index (χ1n) is 9.63. The Morgan fingerprint density at radius 3 is 2.19 bits per heavy atom. The number of thioether (sulfide) groups is 1. The lowest BCUT2D eigenvalue weighted by Crippen LogP contribution is -2.43. The van der Waals surface area contributed by atoms with Crippen LogP contribution in [0, 0.1) is 0 Å². The highest BCUT2D eigenvalue weighted by molar-refractivity contribution is 7.99. The molecular formula is C19H31N3O3S2. The van der Waals surface area contributed by atoms with Crippen molar-refractivity contribution in [3.63, 3.8) is 0 Å². The summed E-state index contributed by atoms with van der Waals surface area (Å²) in [5.74, 6) is 0.356. The molecule has 152 valence electrons. The molecule has 2 rings (SSSR count). The van der Waals surface area contributed by atoms with Crippen LogP contribution in [0.2, 0.25) is 0 Å². The lowest BCUT2D eigenvalue weighted by molar-refractivity contribution is -0.131. The average molecular weight is 414 g/mol. The van der Waals surface area contributed by atoms with Crippen molar-refractivity contribution in [3.8, 4) is 0 Å². The first-order chi connectivity index (χ1) is 12.7. The SMILES string of the molecule is CC(C)N(C(=O)CSc1ccc(S(=O)(=O)N2CCCCCC2)cn1)C(C)C. The number of carbonyl (C=O) groups is 1. The van der Waals surface area contributed by atoms with E-state index in [1.165, 1.54) is 18.0 Å². The van der Waals surface area contributed by atoms with Crippen LogP contribution in [-0.2, 0) is 14.8 Å². The zero-order valence-electron chi connectivity index (χ0n) is 16.7. The standard InChI is InChI=1S/C19H31N3O3S2/c1-15(2)22(16(3)4)19(23)14-26-18-10-9-17(13-20-18)27(24,25)21-11-7-5-6-8-12-21/h9-10,13,15-16H,5-8,11-12,14H2,1-4H3. The molecule has 0 bridgehead atoms. The fourth-order valence-corrected chi connectivity index (χ4v) is 5.59. The van der Waals surface area contributed by atoms with Crippen molar-refractivity contribution < 1.29 is 13.2 Å². The van der Waals surface area contributed by atoms with Gasteiger partial charge in [0.05, 0.1) is 10.8 Å². The molecule has 0 unspecified atom stereocenters. The first-order valence-corrected chi connectivity index (χ1v) is 12.1. The van der Waals surface area contributed by atoms with E-state index in [2.05, 4.69) is 4.98 Å². The maximum Gasteiger partial charge on any atom is 0.244 e. The number of amides is 1. The minimum Gasteiger partial charge on any atom is -0.337 e. The van der Waals surface area contributed by atoms with E-state index in [9.17, 15) is 13.2 Å². The van der Waals surface area contributed by atoms with Crippen LogP contribution < -0.4 is 0 Å². The van der Waals surface area contributed by atoms with Gasteiger partial charge in [-0.3, -0.25) is 4.79 Å². The van der Waals surface area contributed by atoms with E-state index in [0.717, 1.165) is 25.7 Å². The summed E-state index contributed by atoms with van der Waals surface area (Å²) in [7, 11) is -3.48. The van der Waals surface area contributed by atoms with E-state index in [1.54, 1.807) is 16.4 Å². The lowest BCUT2D eigenvalue weighted by Gasteiger charge is -2.30. The Hall–Kier alpha value is -1.12. The van der Waals surface area contributed by atoms with Crippen LogP contribution in [0.5, 0.6) is 0 Å². The smallest absolute Gasteiger partial charge is 0.244 e. The Bertz CT molecular complexity index is 702. The van der Waals surface area contributed by atoms with Crippen LogP contribution in [0.25, 0.3) is 0 Å². The quantitative estimate of drug-likeness (QED) is 0.641. The van der Waals surface area contributed by atoms with E-state index in [-0.39, 0.29) is 22.9 Å². The molecule has 0 spiro atoms. The van der Waals surface area contributed by atoms with Crippen molar-refractivity contribution in [2.24, 2.45) is 0 Å². The van der Waals surface area contributed by atoms with Crippen molar-refractivity contribution >= 4 is 27.7 Å². The highest BCUT2D eigenvalue weighted by atomic mass is 32.2. The molecule has 8 heteroatoms. The zero-order chi connectivity index (χ0) is 20.0. The van der Waals surface area contributed by atoms with Gasteiger partial charge in [-0.05, 0) is 52.7 Å². The van der Waals surface area contributed by atoms with Gasteiger partial charge in [-0.1, -0.05) is 24.6 Å². The lowest BCUT2D eigenvalue weighted by atomic mass is 10.2. The first kappa shape index (κ1) is 22.2. The Kier molecular flexibility index (Phi) is 8.12. The third kappa shape index (κ3) is 5.93. The van der Waals surface area contributed by atoms with Gasteiger partial charge in [-0.2, -0.15) is 4.31 Å². The van der Waals surface area contributed by atoms with Crippen molar-refractivity contribution in [3.05, 3.63) is 18.3 Å². The Morgan fingerprint density at radius 1 is 1.11 bits per heavy atom. The molecule has 0 aliphatic carbocycles. The maximum atomic E-state index is 12.8. The van der Waals surface area contributed by atoms with Gasteiger partial charge in [0.15, 0.2) is 0 Å². The number of sulfonamides is 1. The molecule has 0 atom stereocenters. The summed E-state index contributed by atoms with van der Waals surface area (Å²) in [4.78, 5) is 18.8. The van der Waals surface area contributed by atoms with Gasteiger partial charge >= 0.3 is 0 Å². The Balaban J connectivity index is 2.01. The molecule has 2 heterocycles. The third-order valence-electron chi connectivity index (χ3n) is 4.66. The fraction of sp³-hybridized carbons (Fsp3) is 0.684. The maximum absolute atomic E-state index is 12.8. The number of hydrogen-bond donors (Lipinski definition) is 0. The number of nitrogens with zero attached hydrogens (tertiary/aromatic N) is 3. The summed E-state index contributed by atoms with van der Waals surface area (Å²) in [5.41, 5.74) is 0. The van der Waals surface area contributed by atoms with Gasteiger partial charge in [0.1, 0.15) is 4.90 Å². The largest absolute Gasteiger partial charge is 0.337 e. The Labute approximate surface area is 167 Å². The van der Waals surface area contributed by atoms with E-state index in [1.807, 2.05) is 32.6 Å². The highest BCUT2D eigenvalue weighted by Gasteiger charge is 2.25. The van der Waals surface area contributed by atoms with Gasteiger partial charge in [0.25, 0.3) is 0 Å². The topological polar surface area (TPSA) is 70.6 Å². The average Bonchev–Trinajstić information content (AvgIpc) is 2.89. The second-order valence-electron chi connectivity index (χ2n) is 7.43. The van der Waals surface area contributed by atoms with Crippen molar-refractivity contribution in [1.29, 1.82) is 0 Å². The van der Waals surface area contributed by atoms with Crippen LogP contribution in [0.3, 0.4) is 0 Å². The molecular weight excluding hydrogens is 382 g/mol. The molecule has 1 fully saturated rings. The van der Waals surface area contributed by atoms with E-state index in [0.29, 0.717) is 23.9 Å². The molecule has 0 radical (unpaired) electrons. The molecule has 1 aliphatic rings. The van der Waals surface area contributed by atoms with Crippen molar-refractivity contribution in [2.45, 2.75) is 75.4 Å². The number of pyridine rings is 1. The van der Waals surface area contributed by atoms with Crippen LogP contribution in [-0.4, -0.2) is 59.4 Å². The number of hydrogen-bond acceptors (Lipinski definition) is 5. The Morgan fingerprint density at radius 2 is 1.70 bits per heavy atom. The third-order valence-corrected chi connectivity index (χ3v) is 7.47. The molecule has 0 N–H and O–H groups in total. The molecule has 1 aromatic rings. The summed E-state index contributed by atoms with van der Waals surface area (Å²) in [5, 5.41) is 0.658. The summed E-state index contributed by atoms with van der Waals surface area (Å²) in [6.07, 6.45) is 5.39. The van der Waals surface area contributed by atoms with Gasteiger partial charge in [0.2, 0.25) is 15.9 Å². The van der Waals surface area contributed by atoms with Crippen LogP contribution >= 0.6 is 11.8 Å². The fourth-order valence-electron chi connectivity index (χ4n) is 3.42. The van der Waals surface area contributed by atoms with Crippen molar-refractivity contribution in [1.82, 2.24) is 14.2 Å². The predicted molar refractivity (Wildman–Crippen MR) is 109 cm³/mol. The minimum absolute atomic E-state index is 0.0630. The van der Waals surface area contributed by atoms with Gasteiger partial charge < -0.3 is 4.90 Å². The molecule has 1 saturated heterocycles. The molecule has 6 nitrogen and oxygen atoms in total. The molecule has 1 amide bonds. The van der Waals surface area contributed by atoms with Crippen LogP contribution in [0.4, 0.5) is 0 Å². The second-order valence-corrected chi connectivity index (χ2v) is 10.4. The molecule has 0 aromatic carbocycles. The summed E-state index contributed by atoms with van der Waals surface area (Å²) in [6, 6.07) is 3.58. The summed E-state index contributed by atoms with van der Waals surface area (Å²) >= 11 is 1.34. The highest BCUT2D eigenvalue weighted by Crippen LogP contribution is 2.23. The monoisotopic (exact) mass is 413 g/mol. The van der Waals surface area contributed by atoms with Gasteiger partial charge in [0, 0.05) is 31.4 Å². The molecule has 27 heavy (non-hydrogen) atoms.